The number of halogens is 1. The van der Waals surface area contributed by atoms with Gasteiger partial charge in [0.2, 0.25) is 0 Å². The third-order valence-corrected chi connectivity index (χ3v) is 4.65. The van der Waals surface area contributed by atoms with E-state index in [1.807, 2.05) is 6.07 Å². The van der Waals surface area contributed by atoms with Crippen molar-refractivity contribution >= 4 is 45.5 Å². The van der Waals surface area contributed by atoms with Crippen molar-refractivity contribution in [2.75, 3.05) is 11.9 Å². The summed E-state index contributed by atoms with van der Waals surface area (Å²) in [5.41, 5.74) is 0.808. The number of amides is 1. The Morgan fingerprint density at radius 3 is 2.77 bits per heavy atom. The van der Waals surface area contributed by atoms with Crippen LogP contribution < -0.4 is 10.6 Å². The van der Waals surface area contributed by atoms with Crippen molar-refractivity contribution in [1.82, 2.24) is 5.32 Å². The number of hydrogen-bond donors (Lipinski definition) is 2. The molecule has 0 atom stereocenters. The molecule has 0 fully saturated rings. The lowest BCUT2D eigenvalue weighted by Gasteiger charge is -2.08. The molecule has 2 N–H and O–H groups in total. The predicted molar refractivity (Wildman–Crippen MR) is 99.8 cm³/mol. The monoisotopic (exact) mass is 391 g/mol. The minimum absolute atomic E-state index is 0.0765. The van der Waals surface area contributed by atoms with Gasteiger partial charge in [-0.3, -0.25) is 10.1 Å². The Balaban J connectivity index is 2.16. The fourth-order valence-electron chi connectivity index (χ4n) is 2.07. The van der Waals surface area contributed by atoms with Gasteiger partial charge in [-0.05, 0) is 49.8 Å². The topological polar surface area (TPSA) is 91.2 Å². The summed E-state index contributed by atoms with van der Waals surface area (Å²) < 4.78 is 18.1. The molecule has 26 heavy (non-hydrogen) atoms. The SMILES string of the molecule is CCOC(=O)c1sc(NC(=S)NC(=O)c2cccc(F)c2)c(C#N)c1C. The number of benzene rings is 1. The van der Waals surface area contributed by atoms with Crippen LogP contribution in [0.5, 0.6) is 0 Å². The number of nitriles is 1. The van der Waals surface area contributed by atoms with Crippen LogP contribution in [0.3, 0.4) is 0 Å². The molecule has 1 aromatic carbocycles. The number of esters is 1. The highest BCUT2D eigenvalue weighted by Gasteiger charge is 2.22. The summed E-state index contributed by atoms with van der Waals surface area (Å²) >= 11 is 6.07. The van der Waals surface area contributed by atoms with Gasteiger partial charge in [0.1, 0.15) is 21.8 Å². The smallest absolute Gasteiger partial charge is 0.348 e. The maximum Gasteiger partial charge on any atom is 0.348 e. The van der Waals surface area contributed by atoms with Gasteiger partial charge in [-0.2, -0.15) is 5.26 Å². The largest absolute Gasteiger partial charge is 0.462 e. The molecule has 134 valence electrons. The van der Waals surface area contributed by atoms with E-state index in [4.69, 9.17) is 17.0 Å². The molecule has 0 unspecified atom stereocenters. The predicted octanol–water partition coefficient (Wildman–Crippen LogP) is 3.37. The summed E-state index contributed by atoms with van der Waals surface area (Å²) in [6.07, 6.45) is 0. The summed E-state index contributed by atoms with van der Waals surface area (Å²) in [4.78, 5) is 24.3. The van der Waals surface area contributed by atoms with Gasteiger partial charge >= 0.3 is 5.97 Å². The van der Waals surface area contributed by atoms with Crippen molar-refractivity contribution in [3.8, 4) is 6.07 Å². The van der Waals surface area contributed by atoms with E-state index in [0.717, 1.165) is 17.4 Å². The molecular formula is C17H14FN3O3S2. The Bertz CT molecular complexity index is 918. The first kappa shape index (κ1) is 19.5. The number of ether oxygens (including phenoxy) is 1. The van der Waals surface area contributed by atoms with Gasteiger partial charge in [-0.15, -0.1) is 11.3 Å². The van der Waals surface area contributed by atoms with Gasteiger partial charge in [0.25, 0.3) is 5.91 Å². The first-order chi connectivity index (χ1) is 12.4. The van der Waals surface area contributed by atoms with Crippen molar-refractivity contribution in [3.05, 3.63) is 51.7 Å². The number of nitrogens with one attached hydrogen (secondary N) is 2. The molecule has 9 heteroatoms. The number of nitrogens with zero attached hydrogens (tertiary/aromatic N) is 1. The van der Waals surface area contributed by atoms with E-state index in [-0.39, 0.29) is 27.7 Å². The van der Waals surface area contributed by atoms with Gasteiger partial charge < -0.3 is 10.1 Å². The second kappa shape index (κ2) is 8.51. The van der Waals surface area contributed by atoms with Gasteiger partial charge in [-0.25, -0.2) is 9.18 Å². The number of carbonyl (C=O) groups excluding carboxylic acids is 2. The number of anilines is 1. The lowest BCUT2D eigenvalue weighted by Crippen LogP contribution is -2.34. The third kappa shape index (κ3) is 4.41. The molecule has 1 amide bonds. The molecule has 0 radical (unpaired) electrons. The Kier molecular flexibility index (Phi) is 6.38. The highest BCUT2D eigenvalue weighted by atomic mass is 32.1. The fraction of sp³-hybridized carbons (Fsp3) is 0.176. The quantitative estimate of drug-likeness (QED) is 0.613. The summed E-state index contributed by atoms with van der Waals surface area (Å²) in [6, 6.07) is 7.14. The minimum Gasteiger partial charge on any atom is -0.462 e. The molecule has 0 bridgehead atoms. The zero-order chi connectivity index (χ0) is 19.3. The summed E-state index contributed by atoms with van der Waals surface area (Å²) in [6.45, 7) is 3.52. The molecule has 0 aliphatic rings. The van der Waals surface area contributed by atoms with Gasteiger partial charge in [0.15, 0.2) is 5.11 Å². The molecular weight excluding hydrogens is 377 g/mol. The molecule has 0 aliphatic heterocycles. The lowest BCUT2D eigenvalue weighted by molar-refractivity contribution is 0.0531. The van der Waals surface area contributed by atoms with Crippen molar-refractivity contribution < 1.29 is 18.7 Å². The van der Waals surface area contributed by atoms with Crippen molar-refractivity contribution in [2.45, 2.75) is 13.8 Å². The number of rotatable bonds is 4. The standard InChI is InChI=1S/C17H14FN3O3S2/c1-3-24-16(23)13-9(2)12(8-19)15(26-13)21-17(25)20-14(22)10-5-4-6-11(18)7-10/h4-7H,3H2,1-2H3,(H2,20,21,22,25). The molecule has 2 aromatic rings. The van der Waals surface area contributed by atoms with Crippen LogP contribution in [-0.2, 0) is 4.74 Å². The van der Waals surface area contributed by atoms with Crippen molar-refractivity contribution in [3.63, 3.8) is 0 Å². The van der Waals surface area contributed by atoms with Crippen molar-refractivity contribution in [1.29, 1.82) is 5.26 Å². The van der Waals surface area contributed by atoms with Crippen molar-refractivity contribution in [2.24, 2.45) is 0 Å². The van der Waals surface area contributed by atoms with Crippen LogP contribution in [0.2, 0.25) is 0 Å². The molecule has 6 nitrogen and oxygen atoms in total. The number of thiophene rings is 1. The zero-order valence-corrected chi connectivity index (χ0v) is 15.5. The zero-order valence-electron chi connectivity index (χ0n) is 13.9. The minimum atomic E-state index is -0.598. The Labute approximate surface area is 158 Å². The second-order valence-corrected chi connectivity index (χ2v) is 6.44. The molecule has 0 aliphatic carbocycles. The van der Waals surface area contributed by atoms with Crippen LogP contribution in [0.4, 0.5) is 9.39 Å². The summed E-state index contributed by atoms with van der Waals surface area (Å²) in [7, 11) is 0. The highest BCUT2D eigenvalue weighted by molar-refractivity contribution is 7.80. The Morgan fingerprint density at radius 1 is 1.42 bits per heavy atom. The van der Waals surface area contributed by atoms with E-state index in [2.05, 4.69) is 10.6 Å². The maximum absolute atomic E-state index is 13.2. The first-order valence-electron chi connectivity index (χ1n) is 7.45. The lowest BCUT2D eigenvalue weighted by atomic mass is 10.2. The molecule has 0 saturated heterocycles. The van der Waals surface area contributed by atoms with Gasteiger partial charge in [0.05, 0.1) is 12.2 Å². The second-order valence-electron chi connectivity index (χ2n) is 5.01. The maximum atomic E-state index is 13.2. The van der Waals surface area contributed by atoms with E-state index >= 15 is 0 Å². The van der Waals surface area contributed by atoms with E-state index in [1.165, 1.54) is 18.2 Å². The van der Waals surface area contributed by atoms with Crippen LogP contribution in [-0.4, -0.2) is 23.6 Å². The normalized spacial score (nSPS) is 9.92. The number of thiocarbonyl (C=S) groups is 1. The highest BCUT2D eigenvalue weighted by Crippen LogP contribution is 2.33. The van der Waals surface area contributed by atoms with Gasteiger partial charge in [0, 0.05) is 5.56 Å². The number of carbonyl (C=O) groups is 2. The van der Waals surface area contributed by atoms with E-state index in [1.54, 1.807) is 13.8 Å². The molecule has 0 saturated carbocycles. The molecule has 2 rings (SSSR count). The van der Waals surface area contributed by atoms with Crippen LogP contribution >= 0.6 is 23.6 Å². The average Bonchev–Trinajstić information content (AvgIpc) is 2.90. The molecule has 0 spiro atoms. The van der Waals surface area contributed by atoms with E-state index < -0.39 is 17.7 Å². The van der Waals surface area contributed by atoms with Crippen LogP contribution in [0.15, 0.2) is 24.3 Å². The van der Waals surface area contributed by atoms with Crippen LogP contribution in [0.1, 0.15) is 38.1 Å². The van der Waals surface area contributed by atoms with E-state index in [9.17, 15) is 19.2 Å². The molecule has 1 heterocycles. The number of hydrogen-bond acceptors (Lipinski definition) is 6. The van der Waals surface area contributed by atoms with E-state index in [0.29, 0.717) is 10.6 Å². The third-order valence-electron chi connectivity index (χ3n) is 3.26. The first-order valence-corrected chi connectivity index (χ1v) is 8.68. The van der Waals surface area contributed by atoms with Crippen LogP contribution in [0.25, 0.3) is 0 Å². The fourth-order valence-corrected chi connectivity index (χ4v) is 3.38. The van der Waals surface area contributed by atoms with Gasteiger partial charge in [-0.1, -0.05) is 6.07 Å². The Morgan fingerprint density at radius 2 is 2.15 bits per heavy atom. The summed E-state index contributed by atoms with van der Waals surface area (Å²) in [5, 5.41) is 14.7. The molecule has 1 aromatic heterocycles. The summed E-state index contributed by atoms with van der Waals surface area (Å²) in [5.74, 6) is -1.68. The van der Waals surface area contributed by atoms with Crippen LogP contribution in [0, 0.1) is 24.1 Å². The average molecular weight is 391 g/mol. The Hall–Kier alpha value is -2.83.